The molecule has 122 valence electrons. The third kappa shape index (κ3) is 3.19. The van der Waals surface area contributed by atoms with Crippen LogP contribution in [-0.2, 0) is 20.8 Å². The van der Waals surface area contributed by atoms with Gasteiger partial charge in [-0.3, -0.25) is 0 Å². The predicted molar refractivity (Wildman–Crippen MR) is 80.1 cm³/mol. The highest BCUT2D eigenvalue weighted by Gasteiger charge is 2.67. The molecule has 2 fully saturated rings. The van der Waals surface area contributed by atoms with Crippen molar-refractivity contribution in [2.24, 2.45) is 5.92 Å². The maximum absolute atomic E-state index is 9.91. The normalized spacial score (nSPS) is 34.3. The molecule has 1 spiro atoms. The standard InChI is InChI=1S/C17H24O5/c1-16(2,19)22-14-11-21-17(8-13(17)9-18)15(14)20-10-12-6-4-3-5-7-12/h3-7,13-15,18-19H,8-11H2,1-2H3/t13-,14?,15?,17-/m0/s1. The molecule has 0 radical (unpaired) electrons. The molecule has 1 aliphatic heterocycles. The quantitative estimate of drug-likeness (QED) is 0.779. The van der Waals surface area contributed by atoms with Gasteiger partial charge in [0.05, 0.1) is 13.2 Å². The van der Waals surface area contributed by atoms with E-state index in [0.29, 0.717) is 13.2 Å². The zero-order valence-electron chi connectivity index (χ0n) is 13.1. The molecule has 2 aliphatic rings. The Hall–Kier alpha value is -0.980. The Morgan fingerprint density at radius 1 is 1.32 bits per heavy atom. The largest absolute Gasteiger partial charge is 0.396 e. The van der Waals surface area contributed by atoms with E-state index in [1.165, 1.54) is 0 Å². The highest BCUT2D eigenvalue weighted by atomic mass is 16.7. The van der Waals surface area contributed by atoms with Crippen molar-refractivity contribution in [3.8, 4) is 0 Å². The van der Waals surface area contributed by atoms with Crippen LogP contribution < -0.4 is 0 Å². The SMILES string of the molecule is CC(C)(O)OC1CO[C@]2(C[C@H]2CO)C1OCc1ccccc1. The summed E-state index contributed by atoms with van der Waals surface area (Å²) in [5.74, 6) is -1.15. The van der Waals surface area contributed by atoms with Crippen LogP contribution in [0.2, 0.25) is 0 Å². The van der Waals surface area contributed by atoms with Crippen LogP contribution in [0, 0.1) is 5.92 Å². The van der Waals surface area contributed by atoms with Crippen molar-refractivity contribution < 1.29 is 24.4 Å². The minimum atomic E-state index is -1.24. The van der Waals surface area contributed by atoms with Crippen molar-refractivity contribution in [3.63, 3.8) is 0 Å². The molecule has 1 aromatic rings. The zero-order valence-corrected chi connectivity index (χ0v) is 13.1. The van der Waals surface area contributed by atoms with Crippen molar-refractivity contribution in [1.29, 1.82) is 0 Å². The van der Waals surface area contributed by atoms with E-state index in [1.54, 1.807) is 13.8 Å². The number of hydrogen-bond acceptors (Lipinski definition) is 5. The van der Waals surface area contributed by atoms with Gasteiger partial charge in [-0.15, -0.1) is 0 Å². The van der Waals surface area contributed by atoms with Crippen LogP contribution in [-0.4, -0.2) is 47.0 Å². The summed E-state index contributed by atoms with van der Waals surface area (Å²) in [6.45, 7) is 4.12. The summed E-state index contributed by atoms with van der Waals surface area (Å²) in [6.07, 6.45) is 0.158. The fourth-order valence-corrected chi connectivity index (χ4v) is 3.27. The van der Waals surface area contributed by atoms with Crippen molar-refractivity contribution in [3.05, 3.63) is 35.9 Å². The second kappa shape index (κ2) is 5.91. The Kier molecular flexibility index (Phi) is 4.27. The van der Waals surface area contributed by atoms with E-state index in [9.17, 15) is 10.2 Å². The van der Waals surface area contributed by atoms with Crippen molar-refractivity contribution in [2.75, 3.05) is 13.2 Å². The van der Waals surface area contributed by atoms with Gasteiger partial charge < -0.3 is 24.4 Å². The maximum atomic E-state index is 9.91. The smallest absolute Gasteiger partial charge is 0.160 e. The second-order valence-electron chi connectivity index (χ2n) is 6.67. The summed E-state index contributed by atoms with van der Waals surface area (Å²) < 4.78 is 17.7. The van der Waals surface area contributed by atoms with E-state index in [-0.39, 0.29) is 24.7 Å². The highest BCUT2D eigenvalue weighted by Crippen LogP contribution is 2.55. The summed E-state index contributed by atoms with van der Waals surface area (Å²) in [7, 11) is 0. The Morgan fingerprint density at radius 2 is 2.05 bits per heavy atom. The molecule has 0 aromatic heterocycles. The molecule has 4 atom stereocenters. The molecule has 1 saturated carbocycles. The van der Waals surface area contributed by atoms with Gasteiger partial charge in [0, 0.05) is 12.5 Å². The van der Waals surface area contributed by atoms with E-state index < -0.39 is 11.4 Å². The summed E-state index contributed by atoms with van der Waals surface area (Å²) in [6, 6.07) is 9.91. The molecule has 1 aliphatic carbocycles. The number of aliphatic hydroxyl groups is 2. The first kappa shape index (κ1) is 15.9. The van der Waals surface area contributed by atoms with Gasteiger partial charge >= 0.3 is 0 Å². The van der Waals surface area contributed by atoms with Crippen molar-refractivity contribution in [2.45, 2.75) is 50.5 Å². The first-order valence-corrected chi connectivity index (χ1v) is 7.75. The second-order valence-corrected chi connectivity index (χ2v) is 6.67. The first-order chi connectivity index (χ1) is 10.4. The predicted octanol–water partition coefficient (Wildman–Crippen LogP) is 1.47. The minimum Gasteiger partial charge on any atom is -0.396 e. The third-order valence-corrected chi connectivity index (χ3v) is 4.36. The molecule has 22 heavy (non-hydrogen) atoms. The molecule has 0 amide bonds. The molecule has 2 unspecified atom stereocenters. The van der Waals surface area contributed by atoms with E-state index in [1.807, 2.05) is 30.3 Å². The van der Waals surface area contributed by atoms with Crippen molar-refractivity contribution in [1.82, 2.24) is 0 Å². The minimum absolute atomic E-state index is 0.0838. The summed E-state index contributed by atoms with van der Waals surface area (Å²) in [5, 5.41) is 19.3. The van der Waals surface area contributed by atoms with Gasteiger partial charge in [0.2, 0.25) is 0 Å². The number of benzene rings is 1. The van der Waals surface area contributed by atoms with Gasteiger partial charge in [-0.25, -0.2) is 0 Å². The average molecular weight is 308 g/mol. The van der Waals surface area contributed by atoms with Crippen LogP contribution in [0.4, 0.5) is 0 Å². The van der Waals surface area contributed by atoms with E-state index in [2.05, 4.69) is 0 Å². The number of hydrogen-bond donors (Lipinski definition) is 2. The molecule has 1 heterocycles. The topological polar surface area (TPSA) is 68.2 Å². The number of rotatable bonds is 6. The lowest BCUT2D eigenvalue weighted by Gasteiger charge is -2.28. The molecule has 5 nitrogen and oxygen atoms in total. The van der Waals surface area contributed by atoms with Crippen LogP contribution in [0.3, 0.4) is 0 Å². The van der Waals surface area contributed by atoms with Gasteiger partial charge in [-0.05, 0) is 25.8 Å². The van der Waals surface area contributed by atoms with Crippen LogP contribution >= 0.6 is 0 Å². The van der Waals surface area contributed by atoms with Gasteiger partial charge in [0.25, 0.3) is 0 Å². The fourth-order valence-electron chi connectivity index (χ4n) is 3.27. The Bertz CT molecular complexity index is 498. The summed E-state index contributed by atoms with van der Waals surface area (Å²) in [4.78, 5) is 0. The molecule has 2 N–H and O–H groups in total. The van der Waals surface area contributed by atoms with Gasteiger partial charge in [0.15, 0.2) is 5.79 Å². The van der Waals surface area contributed by atoms with E-state index in [4.69, 9.17) is 14.2 Å². The average Bonchev–Trinajstić information content (AvgIpc) is 3.09. The Labute approximate surface area is 130 Å². The third-order valence-electron chi connectivity index (χ3n) is 4.36. The van der Waals surface area contributed by atoms with Gasteiger partial charge in [-0.1, -0.05) is 30.3 Å². The number of aliphatic hydroxyl groups excluding tert-OH is 1. The monoisotopic (exact) mass is 308 g/mol. The Balaban J connectivity index is 1.70. The summed E-state index contributed by atoms with van der Waals surface area (Å²) >= 11 is 0. The summed E-state index contributed by atoms with van der Waals surface area (Å²) in [5.41, 5.74) is 0.618. The van der Waals surface area contributed by atoms with Gasteiger partial charge in [-0.2, -0.15) is 0 Å². The molecule has 1 aromatic carbocycles. The van der Waals surface area contributed by atoms with E-state index >= 15 is 0 Å². The molecule has 3 rings (SSSR count). The molecule has 5 heteroatoms. The molecule has 0 bridgehead atoms. The first-order valence-electron chi connectivity index (χ1n) is 7.75. The fraction of sp³-hybridized carbons (Fsp3) is 0.647. The van der Waals surface area contributed by atoms with Crippen LogP contribution in [0.25, 0.3) is 0 Å². The maximum Gasteiger partial charge on any atom is 0.160 e. The zero-order chi connectivity index (χ0) is 15.8. The molecular formula is C17H24O5. The number of ether oxygens (including phenoxy) is 3. The van der Waals surface area contributed by atoms with Gasteiger partial charge in [0.1, 0.15) is 17.8 Å². The molecular weight excluding hydrogens is 284 g/mol. The highest BCUT2D eigenvalue weighted by molar-refractivity contribution is 5.17. The van der Waals surface area contributed by atoms with Crippen molar-refractivity contribution >= 4 is 0 Å². The van der Waals surface area contributed by atoms with E-state index in [0.717, 1.165) is 12.0 Å². The Morgan fingerprint density at radius 3 is 2.64 bits per heavy atom. The lowest BCUT2D eigenvalue weighted by atomic mass is 10.1. The van der Waals surface area contributed by atoms with Crippen LogP contribution in [0.1, 0.15) is 25.8 Å². The van der Waals surface area contributed by atoms with Crippen LogP contribution in [0.5, 0.6) is 0 Å². The lowest BCUT2D eigenvalue weighted by molar-refractivity contribution is -0.224. The lowest BCUT2D eigenvalue weighted by Crippen LogP contribution is -2.42. The van der Waals surface area contributed by atoms with Crippen LogP contribution in [0.15, 0.2) is 30.3 Å². The molecule has 1 saturated heterocycles.